The summed E-state index contributed by atoms with van der Waals surface area (Å²) in [6, 6.07) is 30.0. The molecule has 22 heavy (non-hydrogen) atoms. The fourth-order valence-corrected chi connectivity index (χ4v) is 3.03. The molecule has 0 saturated heterocycles. The van der Waals surface area contributed by atoms with Gasteiger partial charge < -0.3 is 4.57 Å². The van der Waals surface area contributed by atoms with Crippen LogP contribution in [-0.2, 0) is 6.54 Å². The van der Waals surface area contributed by atoms with Gasteiger partial charge in [-0.3, -0.25) is 0 Å². The van der Waals surface area contributed by atoms with Gasteiger partial charge in [-0.1, -0.05) is 72.8 Å². The van der Waals surface area contributed by atoms with E-state index >= 15 is 0 Å². The second kappa shape index (κ2) is 5.53. The predicted octanol–water partition coefficient (Wildman–Crippen LogP) is 5.36. The van der Waals surface area contributed by atoms with E-state index < -0.39 is 0 Å². The van der Waals surface area contributed by atoms with Crippen LogP contribution in [0.5, 0.6) is 0 Å². The normalized spacial score (nSPS) is 10.9. The lowest BCUT2D eigenvalue weighted by Crippen LogP contribution is -2.00. The van der Waals surface area contributed by atoms with Crippen LogP contribution in [0.25, 0.3) is 22.0 Å². The zero-order valence-corrected chi connectivity index (χ0v) is 12.3. The molecule has 0 bridgehead atoms. The molecule has 0 radical (unpaired) electrons. The summed E-state index contributed by atoms with van der Waals surface area (Å²) in [6.07, 6.45) is 2.16. The molecule has 0 aliphatic rings. The number of nitrogens with zero attached hydrogens (tertiary/aromatic N) is 1. The first-order chi connectivity index (χ1) is 10.9. The molecule has 0 atom stereocenters. The summed E-state index contributed by atoms with van der Waals surface area (Å²) in [6.45, 7) is 0.895. The van der Waals surface area contributed by atoms with Crippen LogP contribution in [-0.4, -0.2) is 4.57 Å². The number of fused-ring (bicyclic) bond motifs is 1. The zero-order valence-electron chi connectivity index (χ0n) is 12.3. The van der Waals surface area contributed by atoms with Crippen molar-refractivity contribution in [2.75, 3.05) is 0 Å². The number of aromatic nitrogens is 1. The van der Waals surface area contributed by atoms with Crippen LogP contribution in [0.1, 0.15) is 5.56 Å². The van der Waals surface area contributed by atoms with Gasteiger partial charge in [-0.15, -0.1) is 0 Å². The minimum absolute atomic E-state index is 0.895. The summed E-state index contributed by atoms with van der Waals surface area (Å²) in [4.78, 5) is 0. The van der Waals surface area contributed by atoms with Gasteiger partial charge in [-0.2, -0.15) is 0 Å². The number of hydrogen-bond donors (Lipinski definition) is 0. The monoisotopic (exact) mass is 283 g/mol. The highest BCUT2D eigenvalue weighted by molar-refractivity contribution is 5.95. The average Bonchev–Trinajstić information content (AvgIpc) is 3.03. The van der Waals surface area contributed by atoms with Crippen molar-refractivity contribution in [2.45, 2.75) is 6.54 Å². The van der Waals surface area contributed by atoms with E-state index in [1.807, 2.05) is 0 Å². The Labute approximate surface area is 130 Å². The van der Waals surface area contributed by atoms with Crippen molar-refractivity contribution < 1.29 is 0 Å². The largest absolute Gasteiger partial charge is 0.343 e. The summed E-state index contributed by atoms with van der Waals surface area (Å²) >= 11 is 0. The molecule has 4 aromatic rings. The third kappa shape index (κ3) is 2.31. The summed E-state index contributed by atoms with van der Waals surface area (Å²) in [5, 5.41) is 2.59. The minimum atomic E-state index is 0.895. The van der Waals surface area contributed by atoms with Gasteiger partial charge in [0, 0.05) is 24.0 Å². The standard InChI is InChI=1S/C21H17N/c1-2-8-17(9-3-1)16-22-15-7-14-21(22)20-13-6-11-18-10-4-5-12-19(18)20/h1-15H,16H2. The lowest BCUT2D eigenvalue weighted by molar-refractivity contribution is 0.815. The molecule has 0 aliphatic heterocycles. The van der Waals surface area contributed by atoms with Crippen LogP contribution >= 0.6 is 0 Å². The molecule has 1 heterocycles. The molecule has 0 saturated carbocycles. The SMILES string of the molecule is c1ccc(Cn2cccc2-c2cccc3ccccc23)cc1. The molecule has 1 heteroatoms. The first-order valence-corrected chi connectivity index (χ1v) is 7.59. The molecule has 106 valence electrons. The van der Waals surface area contributed by atoms with E-state index in [1.54, 1.807) is 0 Å². The third-order valence-electron chi connectivity index (χ3n) is 4.09. The van der Waals surface area contributed by atoms with Gasteiger partial charge in [0.15, 0.2) is 0 Å². The van der Waals surface area contributed by atoms with Gasteiger partial charge in [0.25, 0.3) is 0 Å². The molecule has 0 amide bonds. The Hall–Kier alpha value is -2.80. The Morgan fingerprint density at radius 3 is 2.32 bits per heavy atom. The Balaban J connectivity index is 1.82. The van der Waals surface area contributed by atoms with Crippen molar-refractivity contribution in [1.82, 2.24) is 4.57 Å². The third-order valence-corrected chi connectivity index (χ3v) is 4.09. The van der Waals surface area contributed by atoms with E-state index in [1.165, 1.54) is 27.6 Å². The average molecular weight is 283 g/mol. The van der Waals surface area contributed by atoms with Crippen LogP contribution in [0, 0.1) is 0 Å². The van der Waals surface area contributed by atoms with Gasteiger partial charge in [0.1, 0.15) is 0 Å². The first kappa shape index (κ1) is 12.9. The number of rotatable bonds is 3. The lowest BCUT2D eigenvalue weighted by atomic mass is 10.0. The number of benzene rings is 3. The van der Waals surface area contributed by atoms with Gasteiger partial charge in [0.2, 0.25) is 0 Å². The van der Waals surface area contributed by atoms with Gasteiger partial charge in [0.05, 0.1) is 0 Å². The first-order valence-electron chi connectivity index (χ1n) is 7.59. The molecule has 0 fully saturated rings. The Morgan fingerprint density at radius 2 is 1.41 bits per heavy atom. The highest BCUT2D eigenvalue weighted by atomic mass is 15.0. The van der Waals surface area contributed by atoms with Crippen LogP contribution < -0.4 is 0 Å². The number of hydrogen-bond acceptors (Lipinski definition) is 0. The maximum absolute atomic E-state index is 2.32. The highest BCUT2D eigenvalue weighted by Crippen LogP contribution is 2.29. The van der Waals surface area contributed by atoms with Gasteiger partial charge in [-0.25, -0.2) is 0 Å². The molecular weight excluding hydrogens is 266 g/mol. The summed E-state index contributed by atoms with van der Waals surface area (Å²) in [5.41, 5.74) is 3.87. The molecule has 0 unspecified atom stereocenters. The van der Waals surface area contributed by atoms with Crippen molar-refractivity contribution in [3.8, 4) is 11.3 Å². The summed E-state index contributed by atoms with van der Waals surface area (Å²) in [5.74, 6) is 0. The molecule has 4 rings (SSSR count). The van der Waals surface area contributed by atoms with E-state index in [0.717, 1.165) is 6.54 Å². The van der Waals surface area contributed by atoms with Crippen molar-refractivity contribution >= 4 is 10.8 Å². The van der Waals surface area contributed by atoms with Crippen molar-refractivity contribution in [2.24, 2.45) is 0 Å². The maximum atomic E-state index is 2.32. The van der Waals surface area contributed by atoms with E-state index in [0.29, 0.717) is 0 Å². The Morgan fingerprint density at radius 1 is 0.636 bits per heavy atom. The lowest BCUT2D eigenvalue weighted by Gasteiger charge is -2.12. The zero-order chi connectivity index (χ0) is 14.8. The molecular formula is C21H17N. The molecule has 1 nitrogen and oxygen atoms in total. The molecule has 0 aliphatic carbocycles. The van der Waals surface area contributed by atoms with E-state index in [4.69, 9.17) is 0 Å². The Bertz CT molecular complexity index is 898. The summed E-state index contributed by atoms with van der Waals surface area (Å²) < 4.78 is 2.32. The Kier molecular flexibility index (Phi) is 3.24. The van der Waals surface area contributed by atoms with E-state index in [2.05, 4.69) is 95.7 Å². The molecule has 0 N–H and O–H groups in total. The predicted molar refractivity (Wildman–Crippen MR) is 92.9 cm³/mol. The topological polar surface area (TPSA) is 4.93 Å². The van der Waals surface area contributed by atoms with Crippen LogP contribution in [0.4, 0.5) is 0 Å². The molecule has 0 spiro atoms. The van der Waals surface area contributed by atoms with E-state index in [9.17, 15) is 0 Å². The van der Waals surface area contributed by atoms with Gasteiger partial charge >= 0.3 is 0 Å². The van der Waals surface area contributed by atoms with Crippen LogP contribution in [0.2, 0.25) is 0 Å². The summed E-state index contributed by atoms with van der Waals surface area (Å²) in [7, 11) is 0. The van der Waals surface area contributed by atoms with Crippen LogP contribution in [0.15, 0.2) is 91.1 Å². The smallest absolute Gasteiger partial charge is 0.0489 e. The fraction of sp³-hybridized carbons (Fsp3) is 0.0476. The van der Waals surface area contributed by atoms with Crippen LogP contribution in [0.3, 0.4) is 0 Å². The van der Waals surface area contributed by atoms with Crippen molar-refractivity contribution in [3.05, 3.63) is 96.7 Å². The second-order valence-corrected chi connectivity index (χ2v) is 5.53. The van der Waals surface area contributed by atoms with Gasteiger partial charge in [-0.05, 0) is 28.5 Å². The molecule has 1 aromatic heterocycles. The van der Waals surface area contributed by atoms with Crippen molar-refractivity contribution in [1.29, 1.82) is 0 Å². The fourth-order valence-electron chi connectivity index (χ4n) is 3.03. The highest BCUT2D eigenvalue weighted by Gasteiger charge is 2.08. The van der Waals surface area contributed by atoms with Crippen molar-refractivity contribution in [3.63, 3.8) is 0 Å². The maximum Gasteiger partial charge on any atom is 0.0489 e. The van der Waals surface area contributed by atoms with E-state index in [-0.39, 0.29) is 0 Å². The second-order valence-electron chi connectivity index (χ2n) is 5.53. The molecule has 3 aromatic carbocycles. The minimum Gasteiger partial charge on any atom is -0.343 e. The quantitative estimate of drug-likeness (QED) is 0.477.